The first-order chi connectivity index (χ1) is 16.2. The molecular weight excluding hydrogens is 418 g/mol. The number of ether oxygens (including phenoxy) is 1. The number of benzene rings is 2. The molecule has 2 amide bonds. The van der Waals surface area contributed by atoms with E-state index >= 15 is 0 Å². The van der Waals surface area contributed by atoms with E-state index in [1.54, 1.807) is 36.8 Å². The lowest BCUT2D eigenvalue weighted by Gasteiger charge is -2.26. The number of aromatic nitrogens is 2. The highest BCUT2D eigenvalue weighted by Crippen LogP contribution is 2.13. The normalized spacial score (nSPS) is 14.1. The second kappa shape index (κ2) is 11.4. The highest BCUT2D eigenvalue weighted by molar-refractivity contribution is 5.97. The van der Waals surface area contributed by atoms with Crippen LogP contribution in [0.5, 0.6) is 0 Å². The van der Waals surface area contributed by atoms with Crippen molar-refractivity contribution in [2.24, 2.45) is 0 Å². The molecule has 1 aliphatic rings. The molecule has 0 atom stereocenters. The molecule has 0 spiro atoms. The number of hydrogen-bond donors (Lipinski definition) is 2. The molecule has 0 radical (unpaired) electrons. The fraction of sp³-hybridized carbons (Fsp3) is 0.320. The topological polar surface area (TPSA) is 88.5 Å². The zero-order valence-corrected chi connectivity index (χ0v) is 18.6. The number of amides is 2. The molecule has 2 heterocycles. The van der Waals surface area contributed by atoms with Crippen molar-refractivity contribution in [2.45, 2.75) is 26.1 Å². The number of morpholine rings is 1. The molecule has 172 valence electrons. The number of carbonyl (C=O) groups is 2. The van der Waals surface area contributed by atoms with Gasteiger partial charge in [0.25, 0.3) is 5.91 Å². The molecule has 8 nitrogen and oxygen atoms in total. The maximum atomic E-state index is 12.7. The first kappa shape index (κ1) is 22.7. The lowest BCUT2D eigenvalue weighted by Crippen LogP contribution is -2.35. The van der Waals surface area contributed by atoms with Crippen LogP contribution >= 0.6 is 0 Å². The van der Waals surface area contributed by atoms with Crippen LogP contribution in [-0.4, -0.2) is 52.6 Å². The average Bonchev–Trinajstić information content (AvgIpc) is 3.36. The van der Waals surface area contributed by atoms with Crippen LogP contribution in [0.1, 0.15) is 27.9 Å². The van der Waals surface area contributed by atoms with Crippen molar-refractivity contribution < 1.29 is 14.3 Å². The van der Waals surface area contributed by atoms with Gasteiger partial charge in [-0.3, -0.25) is 14.5 Å². The van der Waals surface area contributed by atoms with E-state index in [4.69, 9.17) is 4.74 Å². The Morgan fingerprint density at radius 1 is 1.03 bits per heavy atom. The van der Waals surface area contributed by atoms with Crippen molar-refractivity contribution >= 4 is 17.5 Å². The van der Waals surface area contributed by atoms with E-state index in [2.05, 4.69) is 32.7 Å². The monoisotopic (exact) mass is 447 g/mol. The van der Waals surface area contributed by atoms with Gasteiger partial charge >= 0.3 is 0 Å². The number of hydrogen-bond acceptors (Lipinski definition) is 5. The molecular formula is C25H29N5O3. The third-order valence-electron chi connectivity index (χ3n) is 5.52. The van der Waals surface area contributed by atoms with Crippen LogP contribution in [0.4, 0.5) is 5.69 Å². The van der Waals surface area contributed by atoms with Gasteiger partial charge in [0.1, 0.15) is 0 Å². The Morgan fingerprint density at radius 2 is 1.85 bits per heavy atom. The van der Waals surface area contributed by atoms with Gasteiger partial charge in [-0.05, 0) is 29.3 Å². The summed E-state index contributed by atoms with van der Waals surface area (Å²) >= 11 is 0. The first-order valence-electron chi connectivity index (χ1n) is 11.2. The summed E-state index contributed by atoms with van der Waals surface area (Å²) in [7, 11) is 0. The molecule has 1 fully saturated rings. The van der Waals surface area contributed by atoms with E-state index in [9.17, 15) is 9.59 Å². The maximum Gasteiger partial charge on any atom is 0.251 e. The number of nitrogens with one attached hydrogen (secondary N) is 2. The number of carbonyl (C=O) groups excluding carboxylic acids is 2. The zero-order valence-electron chi connectivity index (χ0n) is 18.6. The summed E-state index contributed by atoms with van der Waals surface area (Å²) in [6.07, 6.45) is 5.50. The van der Waals surface area contributed by atoms with Gasteiger partial charge in [-0.2, -0.15) is 0 Å². The minimum Gasteiger partial charge on any atom is -0.379 e. The molecule has 1 saturated heterocycles. The lowest BCUT2D eigenvalue weighted by atomic mass is 10.1. The van der Waals surface area contributed by atoms with Crippen LogP contribution in [-0.2, 0) is 29.2 Å². The van der Waals surface area contributed by atoms with Gasteiger partial charge in [0, 0.05) is 62.8 Å². The number of rotatable bonds is 9. The van der Waals surface area contributed by atoms with E-state index in [-0.39, 0.29) is 11.8 Å². The lowest BCUT2D eigenvalue weighted by molar-refractivity contribution is -0.116. The summed E-state index contributed by atoms with van der Waals surface area (Å²) in [4.78, 5) is 31.2. The third kappa shape index (κ3) is 7.00. The van der Waals surface area contributed by atoms with Crippen LogP contribution in [0.15, 0.2) is 67.3 Å². The van der Waals surface area contributed by atoms with Crippen LogP contribution in [0.25, 0.3) is 0 Å². The Morgan fingerprint density at radius 3 is 2.67 bits per heavy atom. The SMILES string of the molecule is O=C(CCn1ccnc1)Nc1cccc(C(=O)NCc2cccc(CN3CCOCC3)c2)c1. The molecule has 0 aliphatic carbocycles. The summed E-state index contributed by atoms with van der Waals surface area (Å²) in [5.41, 5.74) is 3.39. The molecule has 33 heavy (non-hydrogen) atoms. The van der Waals surface area contributed by atoms with Crippen LogP contribution < -0.4 is 10.6 Å². The molecule has 8 heteroatoms. The minimum absolute atomic E-state index is 0.113. The van der Waals surface area contributed by atoms with Gasteiger partial charge in [-0.25, -0.2) is 4.98 Å². The Hall–Kier alpha value is -3.49. The molecule has 1 aromatic heterocycles. The van der Waals surface area contributed by atoms with Gasteiger partial charge < -0.3 is 19.9 Å². The largest absolute Gasteiger partial charge is 0.379 e. The third-order valence-corrected chi connectivity index (χ3v) is 5.52. The average molecular weight is 448 g/mol. The molecule has 0 saturated carbocycles. The number of aryl methyl sites for hydroxylation is 1. The van der Waals surface area contributed by atoms with Crippen LogP contribution in [0.2, 0.25) is 0 Å². The number of imidazole rings is 1. The summed E-state index contributed by atoms with van der Waals surface area (Å²) < 4.78 is 7.26. The quantitative estimate of drug-likeness (QED) is 0.527. The highest BCUT2D eigenvalue weighted by Gasteiger charge is 2.12. The molecule has 2 N–H and O–H groups in total. The highest BCUT2D eigenvalue weighted by atomic mass is 16.5. The Kier molecular flexibility index (Phi) is 7.84. The predicted octanol–water partition coefficient (Wildman–Crippen LogP) is 2.67. The summed E-state index contributed by atoms with van der Waals surface area (Å²) in [6.45, 7) is 5.32. The second-order valence-electron chi connectivity index (χ2n) is 8.07. The van der Waals surface area contributed by atoms with E-state index < -0.39 is 0 Å². The van der Waals surface area contributed by atoms with Gasteiger partial charge in [0.2, 0.25) is 5.91 Å². The Balaban J connectivity index is 1.28. The van der Waals surface area contributed by atoms with E-state index in [0.29, 0.717) is 30.8 Å². The van der Waals surface area contributed by atoms with Crippen molar-refractivity contribution in [1.29, 1.82) is 0 Å². The molecule has 0 bridgehead atoms. The first-order valence-corrected chi connectivity index (χ1v) is 11.2. The van der Waals surface area contributed by atoms with Crippen molar-refractivity contribution in [1.82, 2.24) is 19.8 Å². The van der Waals surface area contributed by atoms with E-state index in [0.717, 1.165) is 38.4 Å². The molecule has 0 unspecified atom stereocenters. The molecule has 2 aromatic carbocycles. The van der Waals surface area contributed by atoms with E-state index in [1.807, 2.05) is 22.9 Å². The fourth-order valence-electron chi connectivity index (χ4n) is 3.75. The van der Waals surface area contributed by atoms with Crippen LogP contribution in [0.3, 0.4) is 0 Å². The van der Waals surface area contributed by atoms with Gasteiger partial charge in [-0.15, -0.1) is 0 Å². The maximum absolute atomic E-state index is 12.7. The van der Waals surface area contributed by atoms with Gasteiger partial charge in [0.05, 0.1) is 19.5 Å². The molecule has 4 rings (SSSR count). The predicted molar refractivity (Wildman–Crippen MR) is 126 cm³/mol. The number of anilines is 1. The zero-order chi connectivity index (χ0) is 22.9. The fourth-order valence-corrected chi connectivity index (χ4v) is 3.75. The van der Waals surface area contributed by atoms with Gasteiger partial charge in [0.15, 0.2) is 0 Å². The summed E-state index contributed by atoms with van der Waals surface area (Å²) in [6, 6.07) is 15.3. The van der Waals surface area contributed by atoms with Crippen molar-refractivity contribution in [3.8, 4) is 0 Å². The summed E-state index contributed by atoms with van der Waals surface area (Å²) in [5.74, 6) is -0.290. The smallest absolute Gasteiger partial charge is 0.251 e. The Bertz CT molecular complexity index is 1060. The second-order valence-corrected chi connectivity index (χ2v) is 8.07. The van der Waals surface area contributed by atoms with E-state index in [1.165, 1.54) is 5.56 Å². The van der Waals surface area contributed by atoms with Crippen molar-refractivity contribution in [3.63, 3.8) is 0 Å². The minimum atomic E-state index is -0.178. The number of nitrogens with zero attached hydrogens (tertiary/aromatic N) is 3. The van der Waals surface area contributed by atoms with Gasteiger partial charge in [-0.1, -0.05) is 30.3 Å². The summed E-state index contributed by atoms with van der Waals surface area (Å²) in [5, 5.41) is 5.83. The van der Waals surface area contributed by atoms with Crippen molar-refractivity contribution in [2.75, 3.05) is 31.6 Å². The van der Waals surface area contributed by atoms with Crippen LogP contribution in [0, 0.1) is 0 Å². The Labute approximate surface area is 193 Å². The molecule has 3 aromatic rings. The van der Waals surface area contributed by atoms with Crippen molar-refractivity contribution in [3.05, 3.63) is 83.9 Å². The molecule has 1 aliphatic heterocycles. The standard InChI is InChI=1S/C25H29N5O3/c31-24(7-9-30-10-8-26-19-30)28-23-6-2-5-22(16-23)25(32)27-17-20-3-1-4-21(15-20)18-29-11-13-33-14-12-29/h1-6,8,10,15-16,19H,7,9,11-14,17-18H2,(H,27,32)(H,28,31).